The second-order valence-corrected chi connectivity index (χ2v) is 15.0. The van der Waals surface area contributed by atoms with Crippen LogP contribution in [-0.4, -0.2) is 19.1 Å². The van der Waals surface area contributed by atoms with Crippen LogP contribution in [0.3, 0.4) is 0 Å². The number of furan rings is 1. The van der Waals surface area contributed by atoms with Gasteiger partial charge in [0, 0.05) is 43.6 Å². The van der Waals surface area contributed by atoms with Crippen molar-refractivity contribution in [1.29, 1.82) is 0 Å². The van der Waals surface area contributed by atoms with Gasteiger partial charge in [-0.2, -0.15) is 0 Å². The van der Waals surface area contributed by atoms with Crippen LogP contribution in [-0.2, 0) is 0 Å². The highest BCUT2D eigenvalue weighted by atomic mass is 16.3. The number of benzene rings is 9. The highest BCUT2D eigenvalue weighted by molar-refractivity contribution is 6.21. The van der Waals surface area contributed by atoms with Crippen LogP contribution in [0, 0.1) is 0 Å². The molecule has 57 heavy (non-hydrogen) atoms. The van der Waals surface area contributed by atoms with Gasteiger partial charge in [0.2, 0.25) is 0 Å². The van der Waals surface area contributed by atoms with Gasteiger partial charge in [-0.3, -0.25) is 4.57 Å². The number of fused-ring (bicyclic) bond motifs is 13. The molecule has 9 aromatic carbocycles. The van der Waals surface area contributed by atoms with E-state index in [0.717, 1.165) is 72.2 Å². The first-order chi connectivity index (χ1) is 28.2. The summed E-state index contributed by atoms with van der Waals surface area (Å²) in [6.07, 6.45) is 0. The van der Waals surface area contributed by atoms with Crippen LogP contribution < -0.4 is 0 Å². The van der Waals surface area contributed by atoms with E-state index in [4.69, 9.17) is 14.4 Å². The molecule has 5 heteroatoms. The molecule has 0 N–H and O–H groups in total. The van der Waals surface area contributed by atoms with Gasteiger partial charge in [-0.1, -0.05) is 109 Å². The Morgan fingerprint density at radius 3 is 1.93 bits per heavy atom. The molecule has 13 rings (SSSR count). The Balaban J connectivity index is 1.09. The lowest BCUT2D eigenvalue weighted by Gasteiger charge is -2.14. The molecule has 0 saturated carbocycles. The highest BCUT2D eigenvalue weighted by Crippen LogP contribution is 2.41. The summed E-state index contributed by atoms with van der Waals surface area (Å²) in [7, 11) is 0. The number of para-hydroxylation sites is 5. The minimum atomic E-state index is 0.778. The van der Waals surface area contributed by atoms with Crippen molar-refractivity contribution in [2.75, 3.05) is 0 Å². The zero-order valence-electron chi connectivity index (χ0n) is 30.5. The molecule has 0 atom stereocenters. The summed E-state index contributed by atoms with van der Waals surface area (Å²) >= 11 is 0. The first-order valence-corrected chi connectivity index (χ1v) is 19.3. The molecular weight excluding hydrogens is 697 g/mol. The molecule has 4 aromatic heterocycles. The van der Waals surface area contributed by atoms with Crippen molar-refractivity contribution >= 4 is 98.1 Å². The predicted octanol–water partition coefficient (Wildman–Crippen LogP) is 13.7. The van der Waals surface area contributed by atoms with Gasteiger partial charge in [0.1, 0.15) is 16.9 Å². The van der Waals surface area contributed by atoms with Crippen molar-refractivity contribution in [3.05, 3.63) is 182 Å². The Kier molecular flexibility index (Phi) is 6.10. The van der Waals surface area contributed by atoms with Gasteiger partial charge in [-0.15, -0.1) is 0 Å². The number of nitrogens with zero attached hydrogens (tertiary/aromatic N) is 4. The van der Waals surface area contributed by atoms with Crippen molar-refractivity contribution in [2.45, 2.75) is 0 Å². The molecule has 0 fully saturated rings. The van der Waals surface area contributed by atoms with E-state index in [1.807, 2.05) is 36.4 Å². The van der Waals surface area contributed by atoms with Crippen LogP contribution in [0.4, 0.5) is 0 Å². The Morgan fingerprint density at radius 1 is 0.368 bits per heavy atom. The average Bonchev–Trinajstić information content (AvgIpc) is 3.92. The van der Waals surface area contributed by atoms with Gasteiger partial charge >= 0.3 is 0 Å². The zero-order chi connectivity index (χ0) is 37.2. The standard InChI is InChI=1S/C52H30N4O/c1-2-12-36-31(11-1)23-26-46-50(36)40-15-4-9-19-45(40)55(46)35-24-21-32-28-41-37-13-3-8-18-44(37)56(47(41)29-34(32)27-35)52-51(53-42-16-6-7-17-43(42)54-52)33-22-25-39-38-14-5-10-20-48(38)57-49(39)30-33/h1-30H. The fourth-order valence-corrected chi connectivity index (χ4v) is 9.30. The first kappa shape index (κ1) is 30.6. The maximum Gasteiger partial charge on any atom is 0.165 e. The summed E-state index contributed by atoms with van der Waals surface area (Å²) in [5.41, 5.74) is 10.8. The van der Waals surface area contributed by atoms with E-state index in [1.165, 1.54) is 48.7 Å². The van der Waals surface area contributed by atoms with Crippen LogP contribution in [0.5, 0.6) is 0 Å². The molecule has 0 bridgehead atoms. The fourth-order valence-electron chi connectivity index (χ4n) is 9.30. The molecule has 0 amide bonds. The van der Waals surface area contributed by atoms with E-state index < -0.39 is 0 Å². The van der Waals surface area contributed by atoms with Crippen LogP contribution >= 0.6 is 0 Å². The zero-order valence-corrected chi connectivity index (χ0v) is 30.5. The first-order valence-electron chi connectivity index (χ1n) is 19.3. The van der Waals surface area contributed by atoms with E-state index in [9.17, 15) is 0 Å². The molecule has 0 aliphatic carbocycles. The lowest BCUT2D eigenvalue weighted by atomic mass is 10.0. The van der Waals surface area contributed by atoms with Crippen molar-refractivity contribution in [2.24, 2.45) is 0 Å². The topological polar surface area (TPSA) is 48.8 Å². The molecule has 0 unspecified atom stereocenters. The molecular formula is C52H30N4O. The third kappa shape index (κ3) is 4.34. The fraction of sp³-hybridized carbons (Fsp3) is 0. The predicted molar refractivity (Wildman–Crippen MR) is 236 cm³/mol. The van der Waals surface area contributed by atoms with Crippen molar-refractivity contribution in [1.82, 2.24) is 19.1 Å². The van der Waals surface area contributed by atoms with Crippen LogP contribution in [0.2, 0.25) is 0 Å². The maximum atomic E-state index is 6.38. The Labute approximate surface area is 325 Å². The monoisotopic (exact) mass is 726 g/mol. The normalized spacial score (nSPS) is 12.2. The molecule has 264 valence electrons. The van der Waals surface area contributed by atoms with Crippen LogP contribution in [0.25, 0.3) is 121 Å². The van der Waals surface area contributed by atoms with Gasteiger partial charge in [-0.05, 0) is 94.3 Å². The summed E-state index contributed by atoms with van der Waals surface area (Å²) < 4.78 is 11.1. The van der Waals surface area contributed by atoms with Crippen LogP contribution in [0.1, 0.15) is 0 Å². The number of hydrogen-bond acceptors (Lipinski definition) is 3. The van der Waals surface area contributed by atoms with Gasteiger partial charge in [-0.25, -0.2) is 9.97 Å². The van der Waals surface area contributed by atoms with Gasteiger partial charge in [0.05, 0.1) is 33.1 Å². The molecule has 0 spiro atoms. The summed E-state index contributed by atoms with van der Waals surface area (Å²) in [5.74, 6) is 0.778. The van der Waals surface area contributed by atoms with Gasteiger partial charge in [0.15, 0.2) is 5.82 Å². The van der Waals surface area contributed by atoms with Crippen molar-refractivity contribution in [3.63, 3.8) is 0 Å². The highest BCUT2D eigenvalue weighted by Gasteiger charge is 2.21. The van der Waals surface area contributed by atoms with Gasteiger partial charge in [0.25, 0.3) is 0 Å². The van der Waals surface area contributed by atoms with E-state index in [-0.39, 0.29) is 0 Å². The van der Waals surface area contributed by atoms with E-state index >= 15 is 0 Å². The summed E-state index contributed by atoms with van der Waals surface area (Å²) in [5, 5.41) is 11.9. The van der Waals surface area contributed by atoms with E-state index in [1.54, 1.807) is 0 Å². The number of rotatable bonds is 3. The smallest absolute Gasteiger partial charge is 0.165 e. The molecule has 13 aromatic rings. The minimum absolute atomic E-state index is 0.778. The van der Waals surface area contributed by atoms with Crippen LogP contribution in [0.15, 0.2) is 186 Å². The third-order valence-electron chi connectivity index (χ3n) is 11.9. The van der Waals surface area contributed by atoms with Crippen molar-refractivity contribution in [3.8, 4) is 22.8 Å². The molecule has 5 nitrogen and oxygen atoms in total. The lowest BCUT2D eigenvalue weighted by Crippen LogP contribution is -2.03. The SMILES string of the molecule is c1ccc2c(c1)ccc1c2c2ccccc2n1-c1ccc2cc3c4ccccc4n(-c4nc5ccccc5nc4-c4ccc5c(c4)oc4ccccc45)c3cc2c1. The van der Waals surface area contributed by atoms with Gasteiger partial charge < -0.3 is 8.98 Å². The molecule has 0 radical (unpaired) electrons. The summed E-state index contributed by atoms with van der Waals surface area (Å²) in [6, 6.07) is 64.8. The second kappa shape index (κ2) is 11.4. The molecule has 0 aliphatic heterocycles. The lowest BCUT2D eigenvalue weighted by molar-refractivity contribution is 0.669. The minimum Gasteiger partial charge on any atom is -0.456 e. The summed E-state index contributed by atoms with van der Waals surface area (Å²) in [6.45, 7) is 0. The average molecular weight is 727 g/mol. The Bertz CT molecular complexity index is 3830. The molecule has 0 aliphatic rings. The largest absolute Gasteiger partial charge is 0.456 e. The molecule has 4 heterocycles. The van der Waals surface area contributed by atoms with Crippen molar-refractivity contribution < 1.29 is 4.42 Å². The third-order valence-corrected chi connectivity index (χ3v) is 11.9. The Morgan fingerprint density at radius 2 is 1.05 bits per heavy atom. The number of hydrogen-bond donors (Lipinski definition) is 0. The summed E-state index contributed by atoms with van der Waals surface area (Å²) in [4.78, 5) is 10.8. The molecule has 0 saturated heterocycles. The Hall–Kier alpha value is -7.76. The van der Waals surface area contributed by atoms with E-state index in [2.05, 4.69) is 155 Å². The number of aromatic nitrogens is 4. The van der Waals surface area contributed by atoms with E-state index in [0.29, 0.717) is 0 Å². The maximum absolute atomic E-state index is 6.38. The second-order valence-electron chi connectivity index (χ2n) is 15.0. The quantitative estimate of drug-likeness (QED) is 0.182.